The lowest BCUT2D eigenvalue weighted by molar-refractivity contribution is -0.122. The second-order valence-electron chi connectivity index (χ2n) is 6.54. The molecule has 2 heterocycles. The molecule has 0 aliphatic carbocycles. The molecule has 3 rings (SSSR count). The number of carbonyl (C=O) groups excluding carboxylic acids is 1. The fourth-order valence-corrected chi connectivity index (χ4v) is 3.27. The summed E-state index contributed by atoms with van der Waals surface area (Å²) in [5, 5.41) is 2.95. The Balaban J connectivity index is 1.79. The van der Waals surface area contributed by atoms with Crippen LogP contribution in [0.5, 0.6) is 0 Å². The molecule has 1 aliphatic heterocycles. The first-order chi connectivity index (χ1) is 12.4. The minimum atomic E-state index is -0.386. The molecule has 2 atom stereocenters. The molecule has 7 heteroatoms. The standard InChI is InChI=1S/C19H22FN3O3/c1-11-15(19(25)22-12(2)21-11)10-17(24)23-18(16-4-3-9-26-16)13-5-7-14(20)8-6-13/h5-8,16,18H,3-4,9-10H2,1-2H3,(H,23,24)(H,21,22,25)/t16-,18+/m0/s1. The smallest absolute Gasteiger partial charge is 0.254 e. The van der Waals surface area contributed by atoms with Gasteiger partial charge in [-0.05, 0) is 44.4 Å². The Morgan fingerprint density at radius 2 is 2.12 bits per heavy atom. The van der Waals surface area contributed by atoms with Crippen LogP contribution in [-0.4, -0.2) is 28.6 Å². The number of carbonyl (C=O) groups is 1. The van der Waals surface area contributed by atoms with Crippen LogP contribution in [0.3, 0.4) is 0 Å². The molecule has 0 unspecified atom stereocenters. The molecule has 1 aromatic heterocycles. The predicted octanol–water partition coefficient (Wildman–Crippen LogP) is 2.10. The Kier molecular flexibility index (Phi) is 5.46. The van der Waals surface area contributed by atoms with Crippen molar-refractivity contribution in [1.82, 2.24) is 15.3 Å². The summed E-state index contributed by atoms with van der Waals surface area (Å²) in [7, 11) is 0. The lowest BCUT2D eigenvalue weighted by Crippen LogP contribution is -2.38. The van der Waals surface area contributed by atoms with E-state index in [1.54, 1.807) is 26.0 Å². The lowest BCUT2D eigenvalue weighted by atomic mass is 9.98. The number of nitrogens with one attached hydrogen (secondary N) is 2. The van der Waals surface area contributed by atoms with E-state index in [0.29, 0.717) is 23.7 Å². The molecule has 1 fully saturated rings. The number of aryl methyl sites for hydroxylation is 2. The van der Waals surface area contributed by atoms with Crippen LogP contribution in [0.4, 0.5) is 4.39 Å². The van der Waals surface area contributed by atoms with E-state index in [-0.39, 0.29) is 35.9 Å². The first-order valence-corrected chi connectivity index (χ1v) is 8.67. The number of nitrogens with zero attached hydrogens (tertiary/aromatic N) is 1. The molecule has 0 spiro atoms. The van der Waals surface area contributed by atoms with E-state index in [1.807, 2.05) is 0 Å². The Labute approximate surface area is 150 Å². The molecule has 2 N–H and O–H groups in total. The molecule has 0 radical (unpaired) electrons. The summed E-state index contributed by atoms with van der Waals surface area (Å²) in [4.78, 5) is 31.5. The molecule has 26 heavy (non-hydrogen) atoms. The summed E-state index contributed by atoms with van der Waals surface area (Å²) in [6, 6.07) is 5.63. The number of aromatic amines is 1. The number of amides is 1. The molecule has 0 bridgehead atoms. The normalized spacial score (nSPS) is 17.9. The third-order valence-corrected chi connectivity index (χ3v) is 4.56. The lowest BCUT2D eigenvalue weighted by Gasteiger charge is -2.25. The van der Waals surface area contributed by atoms with Gasteiger partial charge >= 0.3 is 0 Å². The van der Waals surface area contributed by atoms with Crippen LogP contribution in [0.2, 0.25) is 0 Å². The van der Waals surface area contributed by atoms with Gasteiger partial charge in [0.15, 0.2) is 0 Å². The fourth-order valence-electron chi connectivity index (χ4n) is 3.27. The zero-order chi connectivity index (χ0) is 18.7. The van der Waals surface area contributed by atoms with Crippen molar-refractivity contribution in [1.29, 1.82) is 0 Å². The highest BCUT2D eigenvalue weighted by Crippen LogP contribution is 2.27. The zero-order valence-electron chi connectivity index (χ0n) is 14.8. The maximum Gasteiger partial charge on any atom is 0.254 e. The van der Waals surface area contributed by atoms with E-state index in [1.165, 1.54) is 12.1 Å². The monoisotopic (exact) mass is 359 g/mol. The van der Waals surface area contributed by atoms with Crippen LogP contribution in [0, 0.1) is 19.7 Å². The van der Waals surface area contributed by atoms with Gasteiger partial charge in [-0.25, -0.2) is 9.37 Å². The maximum atomic E-state index is 13.2. The minimum Gasteiger partial charge on any atom is -0.376 e. The van der Waals surface area contributed by atoms with E-state index in [9.17, 15) is 14.0 Å². The van der Waals surface area contributed by atoms with E-state index >= 15 is 0 Å². The van der Waals surface area contributed by atoms with Crippen molar-refractivity contribution in [2.45, 2.75) is 45.3 Å². The molecular weight excluding hydrogens is 337 g/mol. The first-order valence-electron chi connectivity index (χ1n) is 8.67. The molecule has 138 valence electrons. The van der Waals surface area contributed by atoms with Gasteiger partial charge in [0.05, 0.1) is 18.6 Å². The maximum absolute atomic E-state index is 13.2. The highest BCUT2D eigenvalue weighted by molar-refractivity contribution is 5.79. The van der Waals surface area contributed by atoms with Gasteiger partial charge in [-0.2, -0.15) is 0 Å². The summed E-state index contributed by atoms with van der Waals surface area (Å²) >= 11 is 0. The number of hydrogen-bond acceptors (Lipinski definition) is 4. The topological polar surface area (TPSA) is 84.1 Å². The quantitative estimate of drug-likeness (QED) is 0.856. The minimum absolute atomic E-state index is 0.0706. The van der Waals surface area contributed by atoms with Crippen LogP contribution in [-0.2, 0) is 16.0 Å². The summed E-state index contributed by atoms with van der Waals surface area (Å²) in [6.07, 6.45) is 1.49. The van der Waals surface area contributed by atoms with Gasteiger partial charge < -0.3 is 15.0 Å². The molecule has 1 saturated heterocycles. The van der Waals surface area contributed by atoms with Gasteiger partial charge in [-0.1, -0.05) is 12.1 Å². The fraction of sp³-hybridized carbons (Fsp3) is 0.421. The predicted molar refractivity (Wildman–Crippen MR) is 94.3 cm³/mol. The number of rotatable bonds is 5. The van der Waals surface area contributed by atoms with Crippen LogP contribution in [0.15, 0.2) is 29.1 Å². The number of benzene rings is 1. The number of H-pyrrole nitrogens is 1. The second-order valence-corrected chi connectivity index (χ2v) is 6.54. The van der Waals surface area contributed by atoms with Gasteiger partial charge in [0.1, 0.15) is 11.6 Å². The third kappa shape index (κ3) is 4.16. The van der Waals surface area contributed by atoms with Crippen molar-refractivity contribution in [3.63, 3.8) is 0 Å². The molecule has 6 nitrogen and oxygen atoms in total. The largest absolute Gasteiger partial charge is 0.376 e. The van der Waals surface area contributed by atoms with Gasteiger partial charge in [-0.15, -0.1) is 0 Å². The summed E-state index contributed by atoms with van der Waals surface area (Å²) in [6.45, 7) is 4.04. The van der Waals surface area contributed by atoms with Crippen molar-refractivity contribution in [2.24, 2.45) is 0 Å². The average molecular weight is 359 g/mol. The molecule has 1 aliphatic rings. The van der Waals surface area contributed by atoms with Crippen LogP contribution < -0.4 is 10.9 Å². The molecule has 1 amide bonds. The summed E-state index contributed by atoms with van der Waals surface area (Å²) < 4.78 is 19.0. The number of hydrogen-bond donors (Lipinski definition) is 2. The summed E-state index contributed by atoms with van der Waals surface area (Å²) in [5.74, 6) is -0.117. The first kappa shape index (κ1) is 18.3. The van der Waals surface area contributed by atoms with Crippen molar-refractivity contribution in [3.05, 3.63) is 63.1 Å². The van der Waals surface area contributed by atoms with Crippen molar-refractivity contribution in [3.8, 4) is 0 Å². The van der Waals surface area contributed by atoms with E-state index in [0.717, 1.165) is 18.4 Å². The van der Waals surface area contributed by atoms with E-state index in [4.69, 9.17) is 4.74 Å². The van der Waals surface area contributed by atoms with Gasteiger partial charge in [0, 0.05) is 17.9 Å². The highest BCUT2D eigenvalue weighted by Gasteiger charge is 2.29. The van der Waals surface area contributed by atoms with Crippen LogP contribution in [0.25, 0.3) is 0 Å². The SMILES string of the molecule is Cc1nc(C)c(CC(=O)N[C@H](c2ccc(F)cc2)[C@@H]2CCCO2)c(=O)[nH]1. The van der Waals surface area contributed by atoms with Crippen molar-refractivity contribution in [2.75, 3.05) is 6.61 Å². The molecule has 1 aromatic carbocycles. The number of aromatic nitrogens is 2. The zero-order valence-corrected chi connectivity index (χ0v) is 14.8. The Bertz CT molecular complexity index is 842. The Hall–Kier alpha value is -2.54. The van der Waals surface area contributed by atoms with Gasteiger partial charge in [0.25, 0.3) is 5.56 Å². The Morgan fingerprint density at radius 3 is 2.73 bits per heavy atom. The highest BCUT2D eigenvalue weighted by atomic mass is 19.1. The van der Waals surface area contributed by atoms with E-state index < -0.39 is 0 Å². The Morgan fingerprint density at radius 1 is 1.38 bits per heavy atom. The van der Waals surface area contributed by atoms with Crippen molar-refractivity contribution >= 4 is 5.91 Å². The number of ether oxygens (including phenoxy) is 1. The number of halogens is 1. The van der Waals surface area contributed by atoms with E-state index in [2.05, 4.69) is 15.3 Å². The third-order valence-electron chi connectivity index (χ3n) is 4.56. The molecule has 2 aromatic rings. The van der Waals surface area contributed by atoms with Crippen LogP contribution in [0.1, 0.15) is 41.5 Å². The summed E-state index contributed by atoms with van der Waals surface area (Å²) in [5.41, 5.74) is 1.36. The van der Waals surface area contributed by atoms with Crippen LogP contribution >= 0.6 is 0 Å². The molecule has 0 saturated carbocycles. The average Bonchev–Trinajstić information content (AvgIpc) is 3.11. The van der Waals surface area contributed by atoms with Gasteiger partial charge in [0.2, 0.25) is 5.91 Å². The molecular formula is C19H22FN3O3. The second kappa shape index (κ2) is 7.78. The van der Waals surface area contributed by atoms with Gasteiger partial charge in [-0.3, -0.25) is 9.59 Å². The van der Waals surface area contributed by atoms with Crippen molar-refractivity contribution < 1.29 is 13.9 Å².